The zero-order valence-electron chi connectivity index (χ0n) is 20.6. The van der Waals surface area contributed by atoms with Gasteiger partial charge < -0.3 is 14.8 Å². The van der Waals surface area contributed by atoms with E-state index in [1.807, 2.05) is 66.7 Å². The van der Waals surface area contributed by atoms with Crippen molar-refractivity contribution in [3.8, 4) is 11.5 Å². The smallest absolute Gasteiger partial charge is 0.330 e. The Morgan fingerprint density at radius 2 is 1.60 bits per heavy atom. The van der Waals surface area contributed by atoms with Crippen LogP contribution in [0.3, 0.4) is 0 Å². The number of carbonyl (C=O) groups is 2. The van der Waals surface area contributed by atoms with Crippen LogP contribution in [0.5, 0.6) is 11.5 Å². The molecule has 0 radical (unpaired) electrons. The molecule has 0 unspecified atom stereocenters. The third-order valence-corrected chi connectivity index (χ3v) is 6.02. The maximum Gasteiger partial charge on any atom is 0.330 e. The van der Waals surface area contributed by atoms with Gasteiger partial charge in [-0.15, -0.1) is 0 Å². The van der Waals surface area contributed by atoms with Gasteiger partial charge in [0.2, 0.25) is 5.91 Å². The molecule has 3 aromatic rings. The third-order valence-electron chi connectivity index (χ3n) is 6.02. The normalized spacial score (nSPS) is 13.0. The van der Waals surface area contributed by atoms with Crippen LogP contribution in [0, 0.1) is 0 Å². The van der Waals surface area contributed by atoms with Crippen LogP contribution in [-0.2, 0) is 19.7 Å². The average Bonchev–Trinajstić information content (AvgIpc) is 2.82. The van der Waals surface area contributed by atoms with Crippen molar-refractivity contribution in [2.75, 3.05) is 11.9 Å². The molecule has 3 aromatic carbocycles. The zero-order chi connectivity index (χ0) is 25.0. The van der Waals surface area contributed by atoms with Gasteiger partial charge in [-0.1, -0.05) is 69.3 Å². The molecule has 0 aliphatic carbocycles. The Morgan fingerprint density at radius 1 is 0.971 bits per heavy atom. The fourth-order valence-corrected chi connectivity index (χ4v) is 4.39. The number of para-hydroxylation sites is 2. The van der Waals surface area contributed by atoms with E-state index in [1.165, 1.54) is 6.08 Å². The second-order valence-electron chi connectivity index (χ2n) is 9.62. The summed E-state index contributed by atoms with van der Waals surface area (Å²) in [7, 11) is 0. The topological polar surface area (TPSA) is 64.6 Å². The van der Waals surface area contributed by atoms with Crippen molar-refractivity contribution < 1.29 is 19.1 Å². The summed E-state index contributed by atoms with van der Waals surface area (Å²) in [5.41, 5.74) is 4.40. The van der Waals surface area contributed by atoms with E-state index in [1.54, 1.807) is 13.0 Å². The van der Waals surface area contributed by atoms with Gasteiger partial charge in [0.1, 0.15) is 11.5 Å². The largest absolute Gasteiger partial charge is 0.463 e. The standard InChI is InChI=1S/C30H31NO4/c1-5-34-29(33)17-15-20-14-16-24(30(2,3)4)25(18-20)31-28(32)19-23-21-10-6-8-12-26(21)35-27-13-9-7-11-22(23)27/h6-18,23H,5,19H2,1-4H3,(H,31,32)/b17-15+. The molecular weight excluding hydrogens is 438 g/mol. The molecule has 0 saturated heterocycles. The molecule has 1 aliphatic rings. The lowest BCUT2D eigenvalue weighted by molar-refractivity contribution is -0.137. The highest BCUT2D eigenvalue weighted by Gasteiger charge is 2.29. The predicted molar refractivity (Wildman–Crippen MR) is 139 cm³/mol. The monoisotopic (exact) mass is 469 g/mol. The van der Waals surface area contributed by atoms with Crippen LogP contribution in [-0.4, -0.2) is 18.5 Å². The van der Waals surface area contributed by atoms with E-state index in [9.17, 15) is 9.59 Å². The minimum absolute atomic E-state index is 0.0847. The van der Waals surface area contributed by atoms with E-state index >= 15 is 0 Å². The maximum absolute atomic E-state index is 13.4. The maximum atomic E-state index is 13.4. The SMILES string of the molecule is CCOC(=O)/C=C/c1ccc(C(C)(C)C)c(NC(=O)CC2c3ccccc3Oc3ccccc32)c1. The summed E-state index contributed by atoms with van der Waals surface area (Å²) in [5.74, 6) is 0.977. The average molecular weight is 470 g/mol. The van der Waals surface area contributed by atoms with Gasteiger partial charge in [0.25, 0.3) is 0 Å². The van der Waals surface area contributed by atoms with E-state index in [0.717, 1.165) is 39.4 Å². The summed E-state index contributed by atoms with van der Waals surface area (Å²) in [6.45, 7) is 8.42. The first-order valence-electron chi connectivity index (χ1n) is 11.9. The highest BCUT2D eigenvalue weighted by atomic mass is 16.5. The summed E-state index contributed by atoms with van der Waals surface area (Å²) in [4.78, 5) is 25.1. The Balaban J connectivity index is 1.61. The number of hydrogen-bond acceptors (Lipinski definition) is 4. The number of benzene rings is 3. The highest BCUT2D eigenvalue weighted by molar-refractivity contribution is 5.93. The molecule has 1 aliphatic heterocycles. The molecule has 0 saturated carbocycles. The Bertz CT molecular complexity index is 1220. The number of amides is 1. The van der Waals surface area contributed by atoms with Crippen LogP contribution in [0.1, 0.15) is 62.3 Å². The number of fused-ring (bicyclic) bond motifs is 2. The number of nitrogens with one attached hydrogen (secondary N) is 1. The zero-order valence-corrected chi connectivity index (χ0v) is 20.6. The van der Waals surface area contributed by atoms with Gasteiger partial charge >= 0.3 is 5.97 Å². The molecule has 0 bridgehead atoms. The van der Waals surface area contributed by atoms with Gasteiger partial charge in [-0.2, -0.15) is 0 Å². The van der Waals surface area contributed by atoms with Gasteiger partial charge in [-0.05, 0) is 47.7 Å². The summed E-state index contributed by atoms with van der Waals surface area (Å²) < 4.78 is 11.0. The van der Waals surface area contributed by atoms with Crippen LogP contribution in [0.2, 0.25) is 0 Å². The quantitative estimate of drug-likeness (QED) is 0.318. The minimum atomic E-state index is -0.394. The molecule has 0 fully saturated rings. The lowest BCUT2D eigenvalue weighted by atomic mass is 9.84. The fraction of sp³-hybridized carbons (Fsp3) is 0.267. The summed E-state index contributed by atoms with van der Waals surface area (Å²) >= 11 is 0. The second kappa shape index (κ2) is 10.2. The molecule has 180 valence electrons. The molecule has 5 nitrogen and oxygen atoms in total. The highest BCUT2D eigenvalue weighted by Crippen LogP contribution is 2.45. The van der Waals surface area contributed by atoms with Crippen molar-refractivity contribution >= 4 is 23.6 Å². The third kappa shape index (κ3) is 5.62. The molecule has 0 spiro atoms. The predicted octanol–water partition coefficient (Wildman–Crippen LogP) is 6.83. The number of rotatable bonds is 6. The van der Waals surface area contributed by atoms with E-state index < -0.39 is 5.97 Å². The molecule has 5 heteroatoms. The molecule has 0 atom stereocenters. The molecule has 4 rings (SSSR count). The Hall–Kier alpha value is -3.86. The summed E-state index contributed by atoms with van der Waals surface area (Å²) in [6.07, 6.45) is 3.38. The molecule has 1 heterocycles. The molecule has 0 aromatic heterocycles. The van der Waals surface area contributed by atoms with Crippen molar-refractivity contribution in [3.05, 3.63) is 95.1 Å². The Labute approximate surface area is 206 Å². The Kier molecular flexibility index (Phi) is 7.06. The van der Waals surface area contributed by atoms with Crippen molar-refractivity contribution in [1.82, 2.24) is 0 Å². The van der Waals surface area contributed by atoms with Crippen molar-refractivity contribution in [1.29, 1.82) is 0 Å². The number of hydrogen-bond donors (Lipinski definition) is 1. The molecule has 1 amide bonds. The lowest BCUT2D eigenvalue weighted by Gasteiger charge is -2.28. The summed E-state index contributed by atoms with van der Waals surface area (Å²) in [6, 6.07) is 21.6. The van der Waals surface area contributed by atoms with E-state index in [4.69, 9.17) is 9.47 Å². The number of anilines is 1. The van der Waals surface area contributed by atoms with E-state index in [0.29, 0.717) is 6.61 Å². The van der Waals surface area contributed by atoms with Gasteiger partial charge in [-0.3, -0.25) is 4.79 Å². The van der Waals surface area contributed by atoms with Gasteiger partial charge in [0.05, 0.1) is 6.61 Å². The van der Waals surface area contributed by atoms with E-state index in [-0.39, 0.29) is 23.7 Å². The number of ether oxygens (including phenoxy) is 2. The first-order valence-corrected chi connectivity index (χ1v) is 11.9. The molecular formula is C30H31NO4. The lowest BCUT2D eigenvalue weighted by Crippen LogP contribution is -2.22. The first-order chi connectivity index (χ1) is 16.8. The van der Waals surface area contributed by atoms with Crippen LogP contribution in [0.4, 0.5) is 5.69 Å². The van der Waals surface area contributed by atoms with Crippen molar-refractivity contribution in [2.45, 2.75) is 45.4 Å². The minimum Gasteiger partial charge on any atom is -0.463 e. The molecule has 35 heavy (non-hydrogen) atoms. The van der Waals surface area contributed by atoms with Gasteiger partial charge in [0.15, 0.2) is 0 Å². The van der Waals surface area contributed by atoms with Gasteiger partial charge in [-0.25, -0.2) is 4.79 Å². The van der Waals surface area contributed by atoms with Crippen molar-refractivity contribution in [3.63, 3.8) is 0 Å². The summed E-state index contributed by atoms with van der Waals surface area (Å²) in [5, 5.41) is 3.15. The number of esters is 1. The van der Waals surface area contributed by atoms with Gasteiger partial charge in [0, 0.05) is 35.2 Å². The fourth-order valence-electron chi connectivity index (χ4n) is 4.39. The van der Waals surface area contributed by atoms with Crippen LogP contribution >= 0.6 is 0 Å². The second-order valence-corrected chi connectivity index (χ2v) is 9.62. The number of carbonyl (C=O) groups excluding carboxylic acids is 2. The van der Waals surface area contributed by atoms with Crippen LogP contribution < -0.4 is 10.1 Å². The molecule has 1 N–H and O–H groups in total. The van der Waals surface area contributed by atoms with Crippen molar-refractivity contribution in [2.24, 2.45) is 0 Å². The first kappa shape index (κ1) is 24.3. The van der Waals surface area contributed by atoms with E-state index in [2.05, 4.69) is 26.1 Å². The van der Waals surface area contributed by atoms with Crippen LogP contribution in [0.15, 0.2) is 72.8 Å². The van der Waals surface area contributed by atoms with Crippen LogP contribution in [0.25, 0.3) is 6.08 Å². The Morgan fingerprint density at radius 3 is 2.20 bits per heavy atom.